The average Bonchev–Trinajstić information content (AvgIpc) is 2.69. The molecule has 1 amide bonds. The summed E-state index contributed by atoms with van der Waals surface area (Å²) >= 11 is 0. The van der Waals surface area contributed by atoms with Gasteiger partial charge in [-0.25, -0.2) is 4.79 Å². The predicted octanol–water partition coefficient (Wildman–Crippen LogP) is 3.63. The molecule has 2 aromatic carbocycles. The van der Waals surface area contributed by atoms with Crippen molar-refractivity contribution < 1.29 is 29.0 Å². The number of nitrogens with zero attached hydrogens (tertiary/aromatic N) is 1. The lowest BCUT2D eigenvalue weighted by Crippen LogP contribution is -2.31. The van der Waals surface area contributed by atoms with Gasteiger partial charge in [-0.05, 0) is 29.7 Å². The number of methoxy groups -OCH3 is 1. The van der Waals surface area contributed by atoms with Gasteiger partial charge in [0, 0.05) is 6.42 Å². The first kappa shape index (κ1) is 20.3. The quantitative estimate of drug-likeness (QED) is 0.506. The van der Waals surface area contributed by atoms with Gasteiger partial charge in [0.25, 0.3) is 0 Å². The van der Waals surface area contributed by atoms with E-state index in [2.05, 4.69) is 0 Å². The van der Waals surface area contributed by atoms with E-state index in [4.69, 9.17) is 19.4 Å². The molecule has 0 aliphatic heterocycles. The van der Waals surface area contributed by atoms with Crippen LogP contribution in [0, 0.1) is 0 Å². The van der Waals surface area contributed by atoms with E-state index in [1.165, 1.54) is 0 Å². The zero-order valence-corrected chi connectivity index (χ0v) is 15.2. The lowest BCUT2D eigenvalue weighted by Gasteiger charge is -2.21. The Morgan fingerprint density at radius 3 is 2.33 bits per heavy atom. The van der Waals surface area contributed by atoms with Crippen molar-refractivity contribution in [3.05, 3.63) is 65.7 Å². The molecule has 0 fully saturated rings. The number of hydroxylamine groups is 2. The van der Waals surface area contributed by atoms with E-state index in [9.17, 15) is 9.59 Å². The zero-order valence-electron chi connectivity index (χ0n) is 15.2. The van der Waals surface area contributed by atoms with Gasteiger partial charge in [0.2, 0.25) is 0 Å². The first-order chi connectivity index (χ1) is 13.1. The van der Waals surface area contributed by atoms with Crippen LogP contribution in [0.15, 0.2) is 54.6 Å². The third-order valence-electron chi connectivity index (χ3n) is 3.68. The third kappa shape index (κ3) is 7.37. The molecule has 0 heterocycles. The highest BCUT2D eigenvalue weighted by Crippen LogP contribution is 2.14. The Morgan fingerprint density at radius 1 is 1.00 bits per heavy atom. The van der Waals surface area contributed by atoms with Crippen LogP contribution in [0.1, 0.15) is 24.0 Å². The highest BCUT2D eigenvalue weighted by Gasteiger charge is 2.17. The van der Waals surface area contributed by atoms with Crippen LogP contribution in [-0.4, -0.2) is 35.9 Å². The molecule has 0 radical (unpaired) electrons. The van der Waals surface area contributed by atoms with Crippen molar-refractivity contribution in [2.45, 2.75) is 26.0 Å². The lowest BCUT2D eigenvalue weighted by molar-refractivity contribution is -0.149. The molecule has 2 rings (SSSR count). The van der Waals surface area contributed by atoms with Gasteiger partial charge in [-0.3, -0.25) is 9.63 Å². The normalized spacial score (nSPS) is 10.3. The van der Waals surface area contributed by atoms with Gasteiger partial charge in [0.1, 0.15) is 12.4 Å². The second kappa shape index (κ2) is 10.8. The van der Waals surface area contributed by atoms with Crippen molar-refractivity contribution in [2.24, 2.45) is 0 Å². The number of hydrogen-bond acceptors (Lipinski definition) is 5. The Balaban J connectivity index is 1.95. The molecule has 0 unspecified atom stereocenters. The van der Waals surface area contributed by atoms with E-state index < -0.39 is 12.1 Å². The highest BCUT2D eigenvalue weighted by molar-refractivity contribution is 5.67. The van der Waals surface area contributed by atoms with Crippen LogP contribution >= 0.6 is 0 Å². The molecular weight excluding hydrogens is 350 g/mol. The second-order valence-corrected chi connectivity index (χ2v) is 5.76. The Bertz CT molecular complexity index is 717. The van der Waals surface area contributed by atoms with Crippen molar-refractivity contribution in [3.8, 4) is 5.75 Å². The monoisotopic (exact) mass is 373 g/mol. The van der Waals surface area contributed by atoms with E-state index in [1.807, 2.05) is 42.5 Å². The molecule has 0 aliphatic rings. The number of carbonyl (C=O) groups is 2. The molecule has 27 heavy (non-hydrogen) atoms. The second-order valence-electron chi connectivity index (χ2n) is 5.76. The number of carboxylic acid groups (broad SMARTS) is 1. The maximum Gasteiger partial charge on any atom is 0.434 e. The lowest BCUT2D eigenvalue weighted by atomic mass is 10.2. The summed E-state index contributed by atoms with van der Waals surface area (Å²) in [5, 5.41) is 9.81. The molecule has 0 saturated heterocycles. The van der Waals surface area contributed by atoms with Crippen molar-refractivity contribution in [2.75, 3.05) is 13.7 Å². The van der Waals surface area contributed by atoms with E-state index in [0.29, 0.717) is 12.2 Å². The van der Waals surface area contributed by atoms with Crippen LogP contribution in [0.3, 0.4) is 0 Å². The molecule has 0 atom stereocenters. The summed E-state index contributed by atoms with van der Waals surface area (Å²) in [6.07, 6.45) is -0.374. The van der Waals surface area contributed by atoms with Crippen molar-refractivity contribution in [3.63, 3.8) is 0 Å². The number of carboxylic acids is 1. The van der Waals surface area contributed by atoms with Gasteiger partial charge in [-0.2, -0.15) is 5.06 Å². The number of carbonyl (C=O) groups excluding carboxylic acids is 1. The Labute approximate surface area is 158 Å². The minimum Gasteiger partial charge on any atom is -0.497 e. The molecule has 7 nitrogen and oxygen atoms in total. The number of rotatable bonds is 10. The fourth-order valence-corrected chi connectivity index (χ4v) is 2.25. The van der Waals surface area contributed by atoms with Crippen molar-refractivity contribution in [1.82, 2.24) is 5.06 Å². The van der Waals surface area contributed by atoms with E-state index >= 15 is 0 Å². The first-order valence-corrected chi connectivity index (χ1v) is 8.54. The van der Waals surface area contributed by atoms with Crippen LogP contribution in [0.4, 0.5) is 4.79 Å². The Kier molecular flexibility index (Phi) is 8.12. The number of amides is 1. The predicted molar refractivity (Wildman–Crippen MR) is 98.0 cm³/mol. The van der Waals surface area contributed by atoms with Gasteiger partial charge in [-0.15, -0.1) is 0 Å². The maximum atomic E-state index is 12.4. The fraction of sp³-hybridized carbons (Fsp3) is 0.300. The number of aliphatic carboxylic acids is 1. The number of hydrogen-bond donors (Lipinski definition) is 1. The molecular formula is C20H23NO6. The molecule has 0 saturated carbocycles. The van der Waals surface area contributed by atoms with Crippen LogP contribution in [-0.2, 0) is 27.5 Å². The molecule has 2 aromatic rings. The Morgan fingerprint density at radius 2 is 1.70 bits per heavy atom. The van der Waals surface area contributed by atoms with Gasteiger partial charge < -0.3 is 14.6 Å². The summed E-state index contributed by atoms with van der Waals surface area (Å²) in [5.41, 5.74) is 1.69. The van der Waals surface area contributed by atoms with Crippen molar-refractivity contribution in [1.29, 1.82) is 0 Å². The van der Waals surface area contributed by atoms with Gasteiger partial charge in [0.15, 0.2) is 0 Å². The van der Waals surface area contributed by atoms with E-state index in [0.717, 1.165) is 16.2 Å². The van der Waals surface area contributed by atoms with Crippen molar-refractivity contribution >= 4 is 12.1 Å². The standard InChI is InChI=1S/C20H23NO6/c1-25-18-11-9-16(10-12-18)14-21(27-13-5-8-19(22)23)20(24)26-15-17-6-3-2-4-7-17/h2-4,6-7,9-12H,5,8,13-15H2,1H3,(H,22,23). The maximum absolute atomic E-state index is 12.4. The van der Waals surface area contributed by atoms with E-state index in [1.54, 1.807) is 19.2 Å². The minimum atomic E-state index is -0.910. The van der Waals surface area contributed by atoms with Crippen LogP contribution in [0.5, 0.6) is 5.75 Å². The van der Waals surface area contributed by atoms with E-state index in [-0.39, 0.29) is 26.2 Å². The van der Waals surface area contributed by atoms with Gasteiger partial charge in [0.05, 0.1) is 20.3 Å². The molecule has 0 aliphatic carbocycles. The summed E-state index contributed by atoms with van der Waals surface area (Å²) in [5.74, 6) is -0.203. The zero-order chi connectivity index (χ0) is 19.5. The summed E-state index contributed by atoms with van der Waals surface area (Å²) < 4.78 is 10.4. The van der Waals surface area contributed by atoms with Crippen LogP contribution < -0.4 is 4.74 Å². The van der Waals surface area contributed by atoms with Crippen LogP contribution in [0.2, 0.25) is 0 Å². The average molecular weight is 373 g/mol. The SMILES string of the molecule is COc1ccc(CN(OCCCC(=O)O)C(=O)OCc2ccccc2)cc1. The topological polar surface area (TPSA) is 85.3 Å². The summed E-state index contributed by atoms with van der Waals surface area (Å²) in [6, 6.07) is 16.5. The molecule has 0 aromatic heterocycles. The summed E-state index contributed by atoms with van der Waals surface area (Å²) in [7, 11) is 1.58. The van der Waals surface area contributed by atoms with Crippen LogP contribution in [0.25, 0.3) is 0 Å². The summed E-state index contributed by atoms with van der Waals surface area (Å²) in [6.45, 7) is 0.394. The molecule has 0 bridgehead atoms. The third-order valence-corrected chi connectivity index (χ3v) is 3.68. The Hall–Kier alpha value is -3.06. The smallest absolute Gasteiger partial charge is 0.434 e. The first-order valence-electron chi connectivity index (χ1n) is 8.54. The molecule has 7 heteroatoms. The molecule has 1 N–H and O–H groups in total. The minimum absolute atomic E-state index is 0.0323. The molecule has 144 valence electrons. The van der Waals surface area contributed by atoms with Gasteiger partial charge in [-0.1, -0.05) is 42.5 Å². The number of ether oxygens (including phenoxy) is 2. The largest absolute Gasteiger partial charge is 0.497 e. The number of benzene rings is 2. The summed E-state index contributed by atoms with van der Waals surface area (Å²) in [4.78, 5) is 28.5. The highest BCUT2D eigenvalue weighted by atomic mass is 16.7. The fourth-order valence-electron chi connectivity index (χ4n) is 2.25. The molecule has 0 spiro atoms. The van der Waals surface area contributed by atoms with Gasteiger partial charge >= 0.3 is 12.1 Å².